The molecule has 0 aromatic carbocycles. The fourth-order valence-electron chi connectivity index (χ4n) is 0.841. The largest absolute Gasteiger partial charge is 0.369 e. The lowest BCUT2D eigenvalue weighted by Gasteiger charge is -2.10. The highest BCUT2D eigenvalue weighted by molar-refractivity contribution is 6.32. The van der Waals surface area contributed by atoms with Gasteiger partial charge in [-0.15, -0.1) is 11.6 Å². The number of nitrogens with one attached hydrogen (secondary N) is 1. The van der Waals surface area contributed by atoms with Crippen LogP contribution in [-0.4, -0.2) is 17.4 Å². The summed E-state index contributed by atoms with van der Waals surface area (Å²) in [5, 5.41) is 3.78. The number of hydrogen-bond donors (Lipinski definition) is 1. The summed E-state index contributed by atoms with van der Waals surface area (Å²) in [6.45, 7) is 2.86. The van der Waals surface area contributed by atoms with Gasteiger partial charge in [-0.3, -0.25) is 0 Å². The molecule has 0 aliphatic carbocycles. The number of hydrogen-bond acceptors (Lipinski definition) is 2. The lowest BCUT2D eigenvalue weighted by molar-refractivity contribution is 0.695. The van der Waals surface area contributed by atoms with Crippen molar-refractivity contribution < 1.29 is 0 Å². The van der Waals surface area contributed by atoms with Crippen LogP contribution in [0.1, 0.15) is 6.92 Å². The predicted octanol–water partition coefficient (Wildman–Crippen LogP) is 3.02. The molecule has 2 nitrogen and oxygen atoms in total. The van der Waals surface area contributed by atoms with Gasteiger partial charge in [-0.05, 0) is 18.1 Å². The maximum Gasteiger partial charge on any atom is 0.144 e. The van der Waals surface area contributed by atoms with E-state index in [-0.39, 0.29) is 0 Å². The summed E-state index contributed by atoms with van der Waals surface area (Å²) in [5.41, 5.74) is 0. The van der Waals surface area contributed by atoms with E-state index in [4.69, 9.17) is 23.2 Å². The third kappa shape index (κ3) is 3.41. The molecule has 0 saturated carbocycles. The molecule has 1 heterocycles. The SMILES string of the molecule is CC(CCl)CNc1ncccc1Cl. The molecule has 0 aliphatic heterocycles. The van der Waals surface area contributed by atoms with Crippen molar-refractivity contribution in [1.29, 1.82) is 0 Å². The maximum absolute atomic E-state index is 5.89. The van der Waals surface area contributed by atoms with E-state index in [1.807, 2.05) is 6.07 Å². The smallest absolute Gasteiger partial charge is 0.144 e. The van der Waals surface area contributed by atoms with Gasteiger partial charge in [-0.1, -0.05) is 18.5 Å². The predicted molar refractivity (Wildman–Crippen MR) is 57.6 cm³/mol. The lowest BCUT2D eigenvalue weighted by atomic mass is 10.2. The quantitative estimate of drug-likeness (QED) is 0.787. The highest BCUT2D eigenvalue weighted by Crippen LogP contribution is 2.17. The molecule has 1 atom stereocenters. The Hall–Kier alpha value is -0.470. The first-order valence-electron chi connectivity index (χ1n) is 4.14. The summed E-state index contributed by atoms with van der Waals surface area (Å²) in [6.07, 6.45) is 1.71. The summed E-state index contributed by atoms with van der Waals surface area (Å²) in [5.74, 6) is 1.78. The molecule has 1 aromatic heterocycles. The first-order valence-corrected chi connectivity index (χ1v) is 5.05. The summed E-state index contributed by atoms with van der Waals surface area (Å²) >= 11 is 11.6. The van der Waals surface area contributed by atoms with Crippen LogP contribution in [0.5, 0.6) is 0 Å². The fourth-order valence-corrected chi connectivity index (χ4v) is 1.14. The van der Waals surface area contributed by atoms with Crippen molar-refractivity contribution in [3.05, 3.63) is 23.4 Å². The van der Waals surface area contributed by atoms with Gasteiger partial charge >= 0.3 is 0 Å². The molecule has 1 unspecified atom stereocenters. The Morgan fingerprint density at radius 1 is 1.62 bits per heavy atom. The summed E-state index contributed by atoms with van der Waals surface area (Å²) in [4.78, 5) is 4.10. The van der Waals surface area contributed by atoms with Crippen molar-refractivity contribution in [3.63, 3.8) is 0 Å². The molecular weight excluding hydrogens is 207 g/mol. The molecule has 1 aromatic rings. The molecule has 0 bridgehead atoms. The first kappa shape index (κ1) is 10.6. The number of anilines is 1. The van der Waals surface area contributed by atoms with Crippen molar-refractivity contribution in [2.24, 2.45) is 5.92 Å². The zero-order valence-corrected chi connectivity index (χ0v) is 8.94. The monoisotopic (exact) mass is 218 g/mol. The van der Waals surface area contributed by atoms with Gasteiger partial charge in [-0.25, -0.2) is 4.98 Å². The van der Waals surface area contributed by atoms with Gasteiger partial charge in [0.15, 0.2) is 0 Å². The molecule has 0 saturated heterocycles. The van der Waals surface area contributed by atoms with Crippen LogP contribution in [0, 0.1) is 5.92 Å². The molecule has 1 N–H and O–H groups in total. The highest BCUT2D eigenvalue weighted by atomic mass is 35.5. The Morgan fingerprint density at radius 2 is 2.38 bits per heavy atom. The van der Waals surface area contributed by atoms with Gasteiger partial charge in [0, 0.05) is 18.6 Å². The van der Waals surface area contributed by atoms with E-state index < -0.39 is 0 Å². The summed E-state index contributed by atoms with van der Waals surface area (Å²) < 4.78 is 0. The van der Waals surface area contributed by atoms with E-state index in [0.29, 0.717) is 16.8 Å². The zero-order valence-electron chi connectivity index (χ0n) is 7.43. The van der Waals surface area contributed by atoms with Crippen LogP contribution in [0.25, 0.3) is 0 Å². The van der Waals surface area contributed by atoms with Gasteiger partial charge in [0.25, 0.3) is 0 Å². The number of halogens is 2. The van der Waals surface area contributed by atoms with Crippen LogP contribution < -0.4 is 5.32 Å². The number of pyridine rings is 1. The van der Waals surface area contributed by atoms with E-state index in [1.165, 1.54) is 0 Å². The van der Waals surface area contributed by atoms with Gasteiger partial charge < -0.3 is 5.32 Å². The third-order valence-corrected chi connectivity index (χ3v) is 2.47. The van der Waals surface area contributed by atoms with Gasteiger partial charge in [0.1, 0.15) is 5.82 Å². The fraction of sp³-hybridized carbons (Fsp3) is 0.444. The van der Waals surface area contributed by atoms with E-state index >= 15 is 0 Å². The molecule has 0 fully saturated rings. The number of nitrogens with zero attached hydrogens (tertiary/aromatic N) is 1. The Morgan fingerprint density at radius 3 is 3.00 bits per heavy atom. The van der Waals surface area contributed by atoms with Crippen molar-refractivity contribution in [2.75, 3.05) is 17.7 Å². The third-order valence-electron chi connectivity index (χ3n) is 1.64. The lowest BCUT2D eigenvalue weighted by Crippen LogP contribution is -2.13. The van der Waals surface area contributed by atoms with Gasteiger partial charge in [-0.2, -0.15) is 0 Å². The normalized spacial score (nSPS) is 12.5. The van der Waals surface area contributed by atoms with Crippen molar-refractivity contribution in [3.8, 4) is 0 Å². The number of rotatable bonds is 4. The van der Waals surface area contributed by atoms with E-state index in [9.17, 15) is 0 Å². The van der Waals surface area contributed by atoms with E-state index in [0.717, 1.165) is 12.4 Å². The molecule has 13 heavy (non-hydrogen) atoms. The van der Waals surface area contributed by atoms with Crippen molar-refractivity contribution in [2.45, 2.75) is 6.92 Å². The molecule has 1 rings (SSSR count). The van der Waals surface area contributed by atoms with Crippen LogP contribution in [0.2, 0.25) is 5.02 Å². The Balaban J connectivity index is 2.50. The second kappa shape index (κ2) is 5.30. The average Bonchev–Trinajstić information content (AvgIpc) is 2.16. The maximum atomic E-state index is 5.89. The Kier molecular flexibility index (Phi) is 4.33. The number of aromatic nitrogens is 1. The van der Waals surface area contributed by atoms with Crippen LogP contribution in [0.4, 0.5) is 5.82 Å². The van der Waals surface area contributed by atoms with E-state index in [1.54, 1.807) is 12.3 Å². The zero-order chi connectivity index (χ0) is 9.68. The molecule has 72 valence electrons. The standard InChI is InChI=1S/C9H12Cl2N2/c1-7(5-10)6-13-9-8(11)3-2-4-12-9/h2-4,7H,5-6H2,1H3,(H,12,13). The average molecular weight is 219 g/mol. The van der Waals surface area contributed by atoms with E-state index in [2.05, 4.69) is 17.2 Å². The molecule has 0 radical (unpaired) electrons. The Bertz CT molecular complexity index is 266. The topological polar surface area (TPSA) is 24.9 Å². The van der Waals surface area contributed by atoms with Crippen molar-refractivity contribution in [1.82, 2.24) is 4.98 Å². The summed E-state index contributed by atoms with van der Waals surface area (Å²) in [7, 11) is 0. The molecule has 0 spiro atoms. The van der Waals surface area contributed by atoms with Gasteiger partial charge in [0.2, 0.25) is 0 Å². The molecule has 0 aliphatic rings. The highest BCUT2D eigenvalue weighted by Gasteiger charge is 2.02. The minimum Gasteiger partial charge on any atom is -0.369 e. The first-order chi connectivity index (χ1) is 6.24. The molecular formula is C9H12Cl2N2. The van der Waals surface area contributed by atoms with Crippen molar-refractivity contribution >= 4 is 29.0 Å². The van der Waals surface area contributed by atoms with Crippen LogP contribution in [-0.2, 0) is 0 Å². The van der Waals surface area contributed by atoms with Gasteiger partial charge in [0.05, 0.1) is 5.02 Å². The second-order valence-electron chi connectivity index (χ2n) is 2.97. The van der Waals surface area contributed by atoms with Crippen LogP contribution in [0.15, 0.2) is 18.3 Å². The van der Waals surface area contributed by atoms with Crippen LogP contribution in [0.3, 0.4) is 0 Å². The Labute approximate surface area is 88.3 Å². The second-order valence-corrected chi connectivity index (χ2v) is 3.69. The molecule has 0 amide bonds. The minimum absolute atomic E-state index is 0.416. The van der Waals surface area contributed by atoms with Crippen LogP contribution >= 0.6 is 23.2 Å². The number of alkyl halides is 1. The summed E-state index contributed by atoms with van der Waals surface area (Å²) in [6, 6.07) is 3.61. The molecule has 4 heteroatoms. The minimum atomic E-state index is 0.416.